The Morgan fingerprint density at radius 3 is 2.76 bits per heavy atom. The third-order valence-electron chi connectivity index (χ3n) is 3.80. The van der Waals surface area contributed by atoms with Gasteiger partial charge in [0.25, 0.3) is 0 Å². The second kappa shape index (κ2) is 7.38. The number of hydrogen-bond acceptors (Lipinski definition) is 5. The van der Waals surface area contributed by atoms with Gasteiger partial charge in [-0.1, -0.05) is 6.92 Å². The van der Waals surface area contributed by atoms with Crippen LogP contribution in [0.4, 0.5) is 5.82 Å². The maximum absolute atomic E-state index is 11.2. The number of nitrogens with zero attached hydrogens (tertiary/aromatic N) is 3. The van der Waals surface area contributed by atoms with E-state index in [9.17, 15) is 9.90 Å². The lowest BCUT2D eigenvalue weighted by Crippen LogP contribution is -2.32. The first-order valence-corrected chi connectivity index (χ1v) is 7.46. The fourth-order valence-corrected chi connectivity index (χ4v) is 2.60. The second-order valence-corrected chi connectivity index (χ2v) is 5.27. The highest BCUT2D eigenvalue weighted by molar-refractivity contribution is 5.88. The monoisotopic (exact) mass is 293 g/mol. The van der Waals surface area contributed by atoms with Crippen molar-refractivity contribution < 1.29 is 15.0 Å². The van der Waals surface area contributed by atoms with E-state index in [4.69, 9.17) is 5.11 Å². The summed E-state index contributed by atoms with van der Waals surface area (Å²) in [6.07, 6.45) is 1.71. The lowest BCUT2D eigenvalue weighted by molar-refractivity contribution is 0.0696. The van der Waals surface area contributed by atoms with Crippen LogP contribution in [0.2, 0.25) is 0 Å². The van der Waals surface area contributed by atoms with E-state index >= 15 is 0 Å². The van der Waals surface area contributed by atoms with Crippen molar-refractivity contribution in [1.29, 1.82) is 0 Å². The first-order valence-electron chi connectivity index (χ1n) is 7.46. The molecule has 116 valence electrons. The molecule has 0 radical (unpaired) electrons. The third-order valence-corrected chi connectivity index (χ3v) is 3.80. The van der Waals surface area contributed by atoms with Crippen molar-refractivity contribution in [3.8, 4) is 0 Å². The number of carboxylic acid groups (broad SMARTS) is 1. The average Bonchev–Trinajstić information content (AvgIpc) is 2.73. The number of aliphatic hydroxyl groups excluding tert-OH is 1. The molecule has 0 spiro atoms. The van der Waals surface area contributed by atoms with Crippen LogP contribution >= 0.6 is 0 Å². The minimum absolute atomic E-state index is 0.173. The maximum Gasteiger partial charge on any atom is 0.335 e. The Labute approximate surface area is 125 Å². The fraction of sp³-hybridized carbons (Fsp3) is 0.600. The number of carbonyl (C=O) groups is 1. The Morgan fingerprint density at radius 2 is 2.10 bits per heavy atom. The summed E-state index contributed by atoms with van der Waals surface area (Å²) in [5, 5.41) is 18.2. The van der Waals surface area contributed by atoms with Crippen LogP contribution in [0.3, 0.4) is 0 Å². The van der Waals surface area contributed by atoms with Gasteiger partial charge in [0, 0.05) is 31.9 Å². The number of rotatable bonds is 5. The minimum atomic E-state index is -0.912. The van der Waals surface area contributed by atoms with Gasteiger partial charge in [-0.3, -0.25) is 4.90 Å². The largest absolute Gasteiger partial charge is 0.478 e. The van der Waals surface area contributed by atoms with Crippen LogP contribution in [0.15, 0.2) is 12.1 Å². The predicted octanol–water partition coefficient (Wildman–Crippen LogP) is 0.847. The first-order chi connectivity index (χ1) is 10.1. The third kappa shape index (κ3) is 4.15. The van der Waals surface area contributed by atoms with E-state index in [1.807, 2.05) is 6.92 Å². The summed E-state index contributed by atoms with van der Waals surface area (Å²) in [7, 11) is 0. The molecular weight excluding hydrogens is 270 g/mol. The highest BCUT2D eigenvalue weighted by atomic mass is 16.4. The Bertz CT molecular complexity index is 493. The number of anilines is 1. The maximum atomic E-state index is 11.2. The molecule has 1 aliphatic rings. The van der Waals surface area contributed by atoms with Crippen molar-refractivity contribution in [1.82, 2.24) is 9.88 Å². The van der Waals surface area contributed by atoms with Crippen LogP contribution < -0.4 is 4.90 Å². The molecule has 6 heteroatoms. The van der Waals surface area contributed by atoms with Crippen LogP contribution in [0, 0.1) is 0 Å². The normalized spacial score (nSPS) is 16.8. The zero-order valence-electron chi connectivity index (χ0n) is 12.5. The Balaban J connectivity index is 2.16. The average molecular weight is 293 g/mol. The molecule has 2 heterocycles. The molecule has 0 unspecified atom stereocenters. The molecule has 0 atom stereocenters. The van der Waals surface area contributed by atoms with Crippen molar-refractivity contribution in [3.63, 3.8) is 0 Å². The Morgan fingerprint density at radius 1 is 1.29 bits per heavy atom. The lowest BCUT2D eigenvalue weighted by atomic mass is 10.2. The molecule has 2 rings (SSSR count). The van der Waals surface area contributed by atoms with Crippen molar-refractivity contribution in [2.75, 3.05) is 44.2 Å². The number of β-amino-alcohol motifs (C(OH)–C–C–N with tert-alkyl or cyclic N) is 1. The molecule has 1 aromatic rings. The zero-order valence-corrected chi connectivity index (χ0v) is 12.5. The number of carboxylic acids is 1. The van der Waals surface area contributed by atoms with Crippen molar-refractivity contribution >= 4 is 11.8 Å². The first kappa shape index (κ1) is 15.7. The van der Waals surface area contributed by atoms with Crippen molar-refractivity contribution in [2.45, 2.75) is 19.8 Å². The van der Waals surface area contributed by atoms with E-state index in [0.717, 1.165) is 50.5 Å². The van der Waals surface area contributed by atoms with E-state index in [1.54, 1.807) is 12.1 Å². The topological polar surface area (TPSA) is 76.9 Å². The molecular formula is C15H23N3O3. The van der Waals surface area contributed by atoms with Gasteiger partial charge in [-0.15, -0.1) is 0 Å². The van der Waals surface area contributed by atoms with E-state index in [0.29, 0.717) is 12.1 Å². The SMILES string of the molecule is CCc1cc(C(=O)O)cc(N2CCCN(CCO)CC2)n1. The van der Waals surface area contributed by atoms with E-state index in [2.05, 4.69) is 14.8 Å². The van der Waals surface area contributed by atoms with Crippen molar-refractivity contribution in [3.05, 3.63) is 23.4 Å². The summed E-state index contributed by atoms with van der Waals surface area (Å²) in [5.74, 6) is -0.164. The van der Waals surface area contributed by atoms with Crippen LogP contribution in [0.1, 0.15) is 29.4 Å². The summed E-state index contributed by atoms with van der Waals surface area (Å²) < 4.78 is 0. The highest BCUT2D eigenvalue weighted by Gasteiger charge is 2.17. The number of aryl methyl sites for hydroxylation is 1. The quantitative estimate of drug-likeness (QED) is 0.838. The lowest BCUT2D eigenvalue weighted by Gasteiger charge is -2.23. The van der Waals surface area contributed by atoms with Gasteiger partial charge in [0.15, 0.2) is 0 Å². The summed E-state index contributed by atoms with van der Waals surface area (Å²) in [4.78, 5) is 20.2. The fourth-order valence-electron chi connectivity index (χ4n) is 2.60. The molecule has 1 aliphatic heterocycles. The Kier molecular flexibility index (Phi) is 5.52. The molecule has 6 nitrogen and oxygen atoms in total. The number of pyridine rings is 1. The van der Waals surface area contributed by atoms with Gasteiger partial charge in [0.2, 0.25) is 0 Å². The smallest absolute Gasteiger partial charge is 0.335 e. The van der Waals surface area contributed by atoms with Crippen LogP contribution in [0.5, 0.6) is 0 Å². The summed E-state index contributed by atoms with van der Waals surface area (Å²) >= 11 is 0. The van der Waals surface area contributed by atoms with Crippen LogP contribution in [-0.2, 0) is 6.42 Å². The van der Waals surface area contributed by atoms with Gasteiger partial charge in [-0.25, -0.2) is 9.78 Å². The molecule has 0 saturated carbocycles. The number of aromatic carboxylic acids is 1. The van der Waals surface area contributed by atoms with Crippen LogP contribution in [-0.4, -0.2) is 65.4 Å². The van der Waals surface area contributed by atoms with Gasteiger partial charge in [-0.05, 0) is 31.5 Å². The molecule has 1 aromatic heterocycles. The number of aromatic nitrogens is 1. The van der Waals surface area contributed by atoms with Gasteiger partial charge < -0.3 is 15.1 Å². The van der Waals surface area contributed by atoms with E-state index < -0.39 is 5.97 Å². The van der Waals surface area contributed by atoms with Gasteiger partial charge in [0.1, 0.15) is 5.82 Å². The van der Waals surface area contributed by atoms with Crippen LogP contribution in [0.25, 0.3) is 0 Å². The minimum Gasteiger partial charge on any atom is -0.478 e. The molecule has 0 bridgehead atoms. The Hall–Kier alpha value is -1.66. The summed E-state index contributed by atoms with van der Waals surface area (Å²) in [6.45, 7) is 6.32. The predicted molar refractivity (Wildman–Crippen MR) is 80.9 cm³/mol. The van der Waals surface area contributed by atoms with Crippen molar-refractivity contribution in [2.24, 2.45) is 0 Å². The molecule has 0 aliphatic carbocycles. The number of aliphatic hydroxyl groups is 1. The second-order valence-electron chi connectivity index (χ2n) is 5.27. The molecule has 0 amide bonds. The van der Waals surface area contributed by atoms with Gasteiger partial charge >= 0.3 is 5.97 Å². The highest BCUT2D eigenvalue weighted by Crippen LogP contribution is 2.18. The van der Waals surface area contributed by atoms with E-state index in [-0.39, 0.29) is 6.61 Å². The summed E-state index contributed by atoms with van der Waals surface area (Å²) in [5.41, 5.74) is 1.11. The van der Waals surface area contributed by atoms with Gasteiger partial charge in [-0.2, -0.15) is 0 Å². The molecule has 1 saturated heterocycles. The molecule has 2 N–H and O–H groups in total. The zero-order chi connectivity index (χ0) is 15.2. The standard InChI is InChI=1S/C15H23N3O3/c1-2-13-10-12(15(20)21)11-14(16-13)18-5-3-4-17(6-7-18)8-9-19/h10-11,19H,2-9H2,1H3,(H,20,21). The molecule has 0 aromatic carbocycles. The van der Waals surface area contributed by atoms with E-state index in [1.165, 1.54) is 0 Å². The van der Waals surface area contributed by atoms with Gasteiger partial charge in [0.05, 0.1) is 12.2 Å². The molecule has 1 fully saturated rings. The molecule has 21 heavy (non-hydrogen) atoms. The summed E-state index contributed by atoms with van der Waals surface area (Å²) in [6, 6.07) is 3.30. The number of hydrogen-bond donors (Lipinski definition) is 2.